The van der Waals surface area contributed by atoms with E-state index >= 15 is 0 Å². The Morgan fingerprint density at radius 2 is 1.72 bits per heavy atom. The first-order chi connectivity index (χ1) is 15.4. The molecule has 4 amide bonds. The van der Waals surface area contributed by atoms with Gasteiger partial charge in [0.05, 0.1) is 32.6 Å². The predicted octanol–water partition coefficient (Wildman–Crippen LogP) is 3.88. The molecule has 3 rings (SSSR count). The van der Waals surface area contributed by atoms with Crippen LogP contribution < -0.4 is 14.4 Å². The second-order valence-corrected chi connectivity index (χ2v) is 7.58. The fourth-order valence-corrected chi connectivity index (χ4v) is 3.64. The number of para-hydroxylation sites is 1. The van der Waals surface area contributed by atoms with Crippen molar-refractivity contribution in [1.29, 1.82) is 0 Å². The van der Waals surface area contributed by atoms with Crippen LogP contribution in [0.15, 0.2) is 52.5 Å². The van der Waals surface area contributed by atoms with Gasteiger partial charge in [-0.2, -0.15) is 0 Å². The van der Waals surface area contributed by atoms with Gasteiger partial charge >= 0.3 is 6.03 Å². The number of ether oxygens (including phenoxy) is 3. The molecule has 1 fully saturated rings. The van der Waals surface area contributed by atoms with E-state index in [-0.39, 0.29) is 18.7 Å². The number of benzene rings is 2. The van der Waals surface area contributed by atoms with Crippen molar-refractivity contribution in [2.75, 3.05) is 38.9 Å². The number of carbonyl (C=O) groups is 3. The number of hydrogen-bond acceptors (Lipinski definition) is 6. The number of urea groups is 1. The molecule has 1 aliphatic rings. The summed E-state index contributed by atoms with van der Waals surface area (Å²) in [6.45, 7) is 2.40. The van der Waals surface area contributed by atoms with Crippen LogP contribution >= 0.6 is 15.9 Å². The average Bonchev–Trinajstić information content (AvgIpc) is 2.79. The zero-order chi connectivity index (χ0) is 23.3. The average molecular weight is 503 g/mol. The summed E-state index contributed by atoms with van der Waals surface area (Å²) in [7, 11) is 2.99. The van der Waals surface area contributed by atoms with Gasteiger partial charge in [-0.15, -0.1) is 0 Å². The number of hydrogen-bond donors (Lipinski definition) is 0. The van der Waals surface area contributed by atoms with E-state index in [4.69, 9.17) is 14.2 Å². The van der Waals surface area contributed by atoms with Gasteiger partial charge in [0.15, 0.2) is 11.5 Å². The highest BCUT2D eigenvalue weighted by molar-refractivity contribution is 9.10. The minimum Gasteiger partial charge on any atom is -0.493 e. The Kier molecular flexibility index (Phi) is 7.66. The Morgan fingerprint density at radius 3 is 2.34 bits per heavy atom. The maximum atomic E-state index is 13.3. The number of halogens is 1. The van der Waals surface area contributed by atoms with Crippen molar-refractivity contribution in [2.24, 2.45) is 0 Å². The van der Waals surface area contributed by atoms with Crippen molar-refractivity contribution < 1.29 is 28.6 Å². The number of barbiturate groups is 1. The number of amides is 4. The van der Waals surface area contributed by atoms with E-state index in [0.717, 1.165) is 9.80 Å². The van der Waals surface area contributed by atoms with Crippen molar-refractivity contribution >= 4 is 45.5 Å². The smallest absolute Gasteiger partial charge is 0.338 e. The molecule has 9 heteroatoms. The highest BCUT2D eigenvalue weighted by Crippen LogP contribution is 2.35. The highest BCUT2D eigenvalue weighted by atomic mass is 79.9. The summed E-state index contributed by atoms with van der Waals surface area (Å²) in [4.78, 5) is 41.5. The van der Waals surface area contributed by atoms with Crippen LogP contribution in [-0.2, 0) is 14.3 Å². The van der Waals surface area contributed by atoms with E-state index in [1.165, 1.54) is 20.3 Å². The van der Waals surface area contributed by atoms with Gasteiger partial charge in [-0.05, 0) is 42.8 Å². The summed E-state index contributed by atoms with van der Waals surface area (Å²) >= 11 is 3.45. The molecule has 0 saturated carbocycles. The van der Waals surface area contributed by atoms with Crippen LogP contribution in [0.3, 0.4) is 0 Å². The lowest BCUT2D eigenvalue weighted by molar-refractivity contribution is -0.129. The number of rotatable bonds is 8. The fourth-order valence-electron chi connectivity index (χ4n) is 3.20. The minimum atomic E-state index is -0.718. The number of anilines is 1. The molecule has 0 aliphatic carbocycles. The second kappa shape index (κ2) is 10.4. The zero-order valence-electron chi connectivity index (χ0n) is 18.0. The van der Waals surface area contributed by atoms with E-state index in [2.05, 4.69) is 15.9 Å². The Balaban J connectivity index is 2.12. The van der Waals surface area contributed by atoms with Crippen LogP contribution in [0.1, 0.15) is 12.5 Å². The maximum Gasteiger partial charge on any atom is 0.338 e. The lowest BCUT2D eigenvalue weighted by atomic mass is 10.0. The van der Waals surface area contributed by atoms with Crippen LogP contribution in [-0.4, -0.2) is 56.7 Å². The molecule has 0 N–H and O–H groups in total. The number of methoxy groups -OCH3 is 2. The van der Waals surface area contributed by atoms with Crippen LogP contribution in [0.5, 0.6) is 11.5 Å². The third-order valence-electron chi connectivity index (χ3n) is 4.75. The number of carbonyl (C=O) groups excluding carboxylic acids is 3. The normalized spacial score (nSPS) is 15.5. The summed E-state index contributed by atoms with van der Waals surface area (Å²) in [6, 6.07) is 11.1. The second-order valence-electron chi connectivity index (χ2n) is 6.72. The van der Waals surface area contributed by atoms with Gasteiger partial charge in [0, 0.05) is 11.6 Å². The van der Waals surface area contributed by atoms with Gasteiger partial charge in [0.1, 0.15) is 5.57 Å². The molecule has 8 nitrogen and oxygen atoms in total. The zero-order valence-corrected chi connectivity index (χ0v) is 19.5. The summed E-state index contributed by atoms with van der Waals surface area (Å²) in [6.07, 6.45) is 1.44. The van der Waals surface area contributed by atoms with Crippen molar-refractivity contribution in [2.45, 2.75) is 6.92 Å². The largest absolute Gasteiger partial charge is 0.493 e. The lowest BCUT2D eigenvalue weighted by Gasteiger charge is -2.33. The van der Waals surface area contributed by atoms with E-state index in [1.54, 1.807) is 42.5 Å². The van der Waals surface area contributed by atoms with Crippen molar-refractivity contribution in [3.8, 4) is 11.5 Å². The molecule has 0 unspecified atom stereocenters. The topological polar surface area (TPSA) is 85.4 Å². The Labute approximate surface area is 194 Å². The first kappa shape index (κ1) is 23.5. The molecule has 2 aromatic rings. The van der Waals surface area contributed by atoms with Gasteiger partial charge in [0.25, 0.3) is 11.8 Å². The molecule has 0 spiro atoms. The molecule has 0 bridgehead atoms. The van der Waals surface area contributed by atoms with Crippen LogP contribution in [0, 0.1) is 0 Å². The molecule has 1 aliphatic heterocycles. The van der Waals surface area contributed by atoms with E-state index < -0.39 is 17.8 Å². The first-order valence-electron chi connectivity index (χ1n) is 9.89. The van der Waals surface area contributed by atoms with Gasteiger partial charge in [-0.3, -0.25) is 14.5 Å². The molecular formula is C23H23BrN2O6. The Bertz CT molecular complexity index is 1050. The van der Waals surface area contributed by atoms with Crippen LogP contribution in [0.2, 0.25) is 0 Å². The monoisotopic (exact) mass is 502 g/mol. The molecule has 1 heterocycles. The summed E-state index contributed by atoms with van der Waals surface area (Å²) in [5.41, 5.74) is 0.741. The molecule has 0 radical (unpaired) electrons. The van der Waals surface area contributed by atoms with Gasteiger partial charge in [-0.25, -0.2) is 9.69 Å². The van der Waals surface area contributed by atoms with E-state index in [0.29, 0.717) is 33.8 Å². The Morgan fingerprint density at radius 1 is 1.00 bits per heavy atom. The fraction of sp³-hybridized carbons (Fsp3) is 0.261. The molecule has 0 atom stereocenters. The standard InChI is InChI=1S/C23H23BrN2O6/c1-4-32-20-13-15(18(24)14-19(20)31-3)12-17-21(27)25(10-11-30-2)23(29)26(22(17)28)16-8-6-5-7-9-16/h5-9,12-14H,4,10-11H2,1-3H3/b17-12-. The van der Waals surface area contributed by atoms with Gasteiger partial charge in [0.2, 0.25) is 0 Å². The lowest BCUT2D eigenvalue weighted by Crippen LogP contribution is -2.57. The number of imide groups is 2. The maximum absolute atomic E-state index is 13.3. The third-order valence-corrected chi connectivity index (χ3v) is 5.43. The van der Waals surface area contributed by atoms with Gasteiger partial charge in [-0.1, -0.05) is 34.1 Å². The van der Waals surface area contributed by atoms with Crippen molar-refractivity contribution in [3.63, 3.8) is 0 Å². The first-order valence-corrected chi connectivity index (χ1v) is 10.7. The van der Waals surface area contributed by atoms with Gasteiger partial charge < -0.3 is 14.2 Å². The predicted molar refractivity (Wildman–Crippen MR) is 123 cm³/mol. The molecule has 168 valence electrons. The third kappa shape index (κ3) is 4.68. The van der Waals surface area contributed by atoms with E-state index in [9.17, 15) is 14.4 Å². The highest BCUT2D eigenvalue weighted by Gasteiger charge is 2.42. The summed E-state index contributed by atoms with van der Waals surface area (Å²) < 4.78 is 16.6. The van der Waals surface area contributed by atoms with Crippen LogP contribution in [0.25, 0.3) is 6.08 Å². The molecule has 0 aromatic heterocycles. The van der Waals surface area contributed by atoms with Crippen molar-refractivity contribution in [3.05, 3.63) is 58.1 Å². The molecular weight excluding hydrogens is 480 g/mol. The summed E-state index contributed by atoms with van der Waals surface area (Å²) in [5, 5.41) is 0. The quantitative estimate of drug-likeness (QED) is 0.402. The number of nitrogens with zero attached hydrogens (tertiary/aromatic N) is 2. The van der Waals surface area contributed by atoms with Crippen molar-refractivity contribution in [1.82, 2.24) is 4.90 Å². The SMILES string of the molecule is CCOc1cc(/C=C2/C(=O)N(CCOC)C(=O)N(c3ccccc3)C2=O)c(Br)cc1OC. The molecule has 32 heavy (non-hydrogen) atoms. The Hall–Kier alpha value is -3.17. The molecule has 1 saturated heterocycles. The van der Waals surface area contributed by atoms with E-state index in [1.807, 2.05) is 6.92 Å². The summed E-state index contributed by atoms with van der Waals surface area (Å²) in [5.74, 6) is -0.427. The minimum absolute atomic E-state index is 0.0100. The van der Waals surface area contributed by atoms with Crippen LogP contribution in [0.4, 0.5) is 10.5 Å². The molecule has 2 aromatic carbocycles.